The summed E-state index contributed by atoms with van der Waals surface area (Å²) < 4.78 is 31.9. The second-order valence-electron chi connectivity index (χ2n) is 6.72. The molecule has 8 heteroatoms. The van der Waals surface area contributed by atoms with Gasteiger partial charge in [-0.25, -0.2) is 9.78 Å². The molecule has 2 aliphatic rings. The number of rotatable bonds is 5. The fraction of sp³-hybridized carbons (Fsp3) is 0.733. The number of carbonyl (C=O) groups is 1. The lowest BCUT2D eigenvalue weighted by Crippen LogP contribution is -2.67. The Morgan fingerprint density at radius 2 is 2.35 bits per heavy atom. The standard InChI is InChI=1S/C15H22F2N4O2/c1-15(2)11(9-4-8-23-12(9)15)20-14(22)19-5-3-10-18-6-7-21(10)13(16)17/h6-7,9,11-13H,3-5,8H2,1-2H3,(H2,19,20,22)/t9-,11-,12+/m1/s1. The molecule has 2 heterocycles. The topological polar surface area (TPSA) is 68.2 Å². The minimum Gasteiger partial charge on any atom is -0.377 e. The molecule has 1 aliphatic carbocycles. The van der Waals surface area contributed by atoms with Crippen molar-refractivity contribution in [2.45, 2.75) is 45.4 Å². The van der Waals surface area contributed by atoms with Crippen molar-refractivity contribution in [2.24, 2.45) is 11.3 Å². The highest BCUT2D eigenvalue weighted by atomic mass is 19.3. The molecule has 0 unspecified atom stereocenters. The zero-order valence-corrected chi connectivity index (χ0v) is 13.3. The van der Waals surface area contributed by atoms with Gasteiger partial charge in [0, 0.05) is 49.3 Å². The van der Waals surface area contributed by atoms with Crippen LogP contribution in [0.15, 0.2) is 12.4 Å². The molecule has 1 aromatic rings. The van der Waals surface area contributed by atoms with Crippen LogP contribution >= 0.6 is 0 Å². The van der Waals surface area contributed by atoms with Crippen LogP contribution in [0.3, 0.4) is 0 Å². The minimum atomic E-state index is -2.61. The molecule has 2 amide bonds. The second-order valence-corrected chi connectivity index (χ2v) is 6.72. The maximum Gasteiger partial charge on any atom is 0.319 e. The van der Waals surface area contributed by atoms with Gasteiger partial charge in [0.2, 0.25) is 0 Å². The molecule has 1 aromatic heterocycles. The number of fused-ring (bicyclic) bond motifs is 1. The molecule has 3 rings (SSSR count). The first-order valence-electron chi connectivity index (χ1n) is 7.87. The maximum atomic E-state index is 12.7. The molecule has 0 aromatic carbocycles. The number of alkyl halides is 2. The van der Waals surface area contributed by atoms with Crippen LogP contribution < -0.4 is 10.6 Å². The van der Waals surface area contributed by atoms with Gasteiger partial charge >= 0.3 is 12.6 Å². The number of nitrogens with one attached hydrogen (secondary N) is 2. The van der Waals surface area contributed by atoms with E-state index in [0.717, 1.165) is 17.6 Å². The van der Waals surface area contributed by atoms with Crippen LogP contribution in [0.5, 0.6) is 0 Å². The fourth-order valence-corrected chi connectivity index (χ4v) is 3.81. The number of carbonyl (C=O) groups excluding carboxylic acids is 1. The Labute approximate surface area is 133 Å². The van der Waals surface area contributed by atoms with Gasteiger partial charge in [0.25, 0.3) is 0 Å². The highest BCUT2D eigenvalue weighted by Crippen LogP contribution is 2.51. The molecular formula is C15H22F2N4O2. The van der Waals surface area contributed by atoms with E-state index in [1.165, 1.54) is 12.4 Å². The maximum absolute atomic E-state index is 12.7. The quantitative estimate of drug-likeness (QED) is 0.868. The van der Waals surface area contributed by atoms with Crippen molar-refractivity contribution >= 4 is 6.03 Å². The Morgan fingerprint density at radius 1 is 1.57 bits per heavy atom. The molecule has 0 radical (unpaired) electrons. The smallest absolute Gasteiger partial charge is 0.319 e. The van der Waals surface area contributed by atoms with E-state index in [2.05, 4.69) is 29.5 Å². The molecule has 2 fully saturated rings. The second kappa shape index (κ2) is 6.07. The van der Waals surface area contributed by atoms with Crippen molar-refractivity contribution in [1.82, 2.24) is 20.2 Å². The Bertz CT molecular complexity index is 576. The lowest BCUT2D eigenvalue weighted by Gasteiger charge is -2.54. The van der Waals surface area contributed by atoms with Crippen LogP contribution in [0.2, 0.25) is 0 Å². The van der Waals surface area contributed by atoms with E-state index in [4.69, 9.17) is 4.74 Å². The van der Waals surface area contributed by atoms with Gasteiger partial charge in [0.15, 0.2) is 0 Å². The molecule has 1 aliphatic heterocycles. The zero-order valence-electron chi connectivity index (χ0n) is 13.3. The van der Waals surface area contributed by atoms with Gasteiger partial charge < -0.3 is 15.4 Å². The number of hydrogen-bond acceptors (Lipinski definition) is 3. The number of imidazole rings is 1. The summed E-state index contributed by atoms with van der Waals surface area (Å²) in [4.78, 5) is 15.9. The van der Waals surface area contributed by atoms with Gasteiger partial charge in [-0.05, 0) is 6.42 Å². The molecule has 1 saturated carbocycles. The third kappa shape index (κ3) is 2.91. The molecular weight excluding hydrogens is 306 g/mol. The highest BCUT2D eigenvalue weighted by Gasteiger charge is 2.59. The molecule has 23 heavy (non-hydrogen) atoms. The van der Waals surface area contributed by atoms with E-state index in [9.17, 15) is 13.6 Å². The van der Waals surface area contributed by atoms with Gasteiger partial charge in [0.05, 0.1) is 6.10 Å². The van der Waals surface area contributed by atoms with Gasteiger partial charge in [-0.3, -0.25) is 4.57 Å². The van der Waals surface area contributed by atoms with Crippen LogP contribution in [0.1, 0.15) is 32.6 Å². The monoisotopic (exact) mass is 328 g/mol. The van der Waals surface area contributed by atoms with Gasteiger partial charge in [-0.15, -0.1) is 0 Å². The van der Waals surface area contributed by atoms with Gasteiger partial charge in [-0.2, -0.15) is 8.78 Å². The molecule has 6 nitrogen and oxygen atoms in total. The molecule has 3 atom stereocenters. The Balaban J connectivity index is 1.46. The van der Waals surface area contributed by atoms with E-state index in [1.54, 1.807) is 0 Å². The summed E-state index contributed by atoms with van der Waals surface area (Å²) in [7, 11) is 0. The highest BCUT2D eigenvalue weighted by molar-refractivity contribution is 5.74. The predicted octanol–water partition coefficient (Wildman–Crippen LogP) is 1.93. The first-order valence-corrected chi connectivity index (χ1v) is 7.87. The van der Waals surface area contributed by atoms with E-state index >= 15 is 0 Å². The first kappa shape index (κ1) is 16.2. The van der Waals surface area contributed by atoms with Crippen molar-refractivity contribution in [3.63, 3.8) is 0 Å². The summed E-state index contributed by atoms with van der Waals surface area (Å²) >= 11 is 0. The van der Waals surface area contributed by atoms with Crippen molar-refractivity contribution < 1.29 is 18.3 Å². The zero-order chi connectivity index (χ0) is 16.6. The summed E-state index contributed by atoms with van der Waals surface area (Å²) in [6.45, 7) is 2.56. The average Bonchev–Trinajstić information content (AvgIpc) is 3.12. The van der Waals surface area contributed by atoms with Gasteiger partial charge in [0.1, 0.15) is 5.82 Å². The summed E-state index contributed by atoms with van der Waals surface area (Å²) in [5.74, 6) is 0.627. The van der Waals surface area contributed by atoms with E-state index in [0.29, 0.717) is 5.92 Å². The minimum absolute atomic E-state index is 0.0789. The summed E-state index contributed by atoms with van der Waals surface area (Å²) in [5, 5.41) is 5.70. The molecule has 0 spiro atoms. The van der Waals surface area contributed by atoms with Crippen LogP contribution in [0.4, 0.5) is 13.6 Å². The third-order valence-corrected chi connectivity index (χ3v) is 4.98. The number of ether oxygens (including phenoxy) is 1. The number of nitrogens with zero attached hydrogens (tertiary/aromatic N) is 2. The molecule has 128 valence electrons. The van der Waals surface area contributed by atoms with Gasteiger partial charge in [-0.1, -0.05) is 13.8 Å². The molecule has 0 bridgehead atoms. The third-order valence-electron chi connectivity index (χ3n) is 4.98. The SMILES string of the molecule is CC1(C)[C@H](NC(=O)NCCc2nccn2C(F)F)[C@H]2CCO[C@@H]21. The van der Waals surface area contributed by atoms with Crippen LogP contribution in [-0.2, 0) is 11.2 Å². The lowest BCUT2D eigenvalue weighted by atomic mass is 9.57. The van der Waals surface area contributed by atoms with Crippen molar-refractivity contribution in [3.05, 3.63) is 18.2 Å². The number of amides is 2. The largest absolute Gasteiger partial charge is 0.377 e. The normalized spacial score (nSPS) is 28.3. The summed E-state index contributed by atoms with van der Waals surface area (Å²) in [6.07, 6.45) is 4.00. The number of urea groups is 1. The Morgan fingerprint density at radius 3 is 3.09 bits per heavy atom. The summed E-state index contributed by atoms with van der Waals surface area (Å²) in [5.41, 5.74) is -0.0789. The van der Waals surface area contributed by atoms with E-state index in [-0.39, 0.29) is 42.4 Å². The molecule has 1 saturated heterocycles. The lowest BCUT2D eigenvalue weighted by molar-refractivity contribution is -0.108. The molecule has 2 N–H and O–H groups in total. The van der Waals surface area contributed by atoms with Crippen molar-refractivity contribution in [3.8, 4) is 0 Å². The summed E-state index contributed by atoms with van der Waals surface area (Å²) in [6, 6.07) is -0.193. The average molecular weight is 328 g/mol. The first-order chi connectivity index (χ1) is 10.9. The Hall–Kier alpha value is -1.70. The van der Waals surface area contributed by atoms with Crippen LogP contribution in [0.25, 0.3) is 0 Å². The van der Waals surface area contributed by atoms with Crippen molar-refractivity contribution in [1.29, 1.82) is 0 Å². The van der Waals surface area contributed by atoms with Crippen LogP contribution in [0, 0.1) is 11.3 Å². The Kier molecular flexibility index (Phi) is 4.27. The van der Waals surface area contributed by atoms with Crippen molar-refractivity contribution in [2.75, 3.05) is 13.2 Å². The predicted molar refractivity (Wildman–Crippen MR) is 79.1 cm³/mol. The van der Waals surface area contributed by atoms with Crippen LogP contribution in [-0.4, -0.2) is 40.9 Å². The number of hydrogen-bond donors (Lipinski definition) is 2. The van der Waals surface area contributed by atoms with E-state index in [1.807, 2.05) is 0 Å². The number of halogens is 2. The fourth-order valence-electron chi connectivity index (χ4n) is 3.81. The number of aromatic nitrogens is 2. The van der Waals surface area contributed by atoms with E-state index < -0.39 is 6.55 Å².